The normalized spacial score (nSPS) is 21.3. The minimum absolute atomic E-state index is 0.0105. The maximum atomic E-state index is 14.8. The van der Waals surface area contributed by atoms with Gasteiger partial charge in [0, 0.05) is 47.8 Å². The zero-order valence-electron chi connectivity index (χ0n) is 23.5. The Morgan fingerprint density at radius 2 is 1.86 bits per heavy atom. The molecule has 11 nitrogen and oxygen atoms in total. The van der Waals surface area contributed by atoms with Crippen LogP contribution in [0.25, 0.3) is 16.9 Å². The molecule has 6 rings (SSSR count). The first kappa shape index (κ1) is 28.5. The molecule has 224 valence electrons. The number of nitrogens with zero attached hydrogens (tertiary/aromatic N) is 3. The maximum absolute atomic E-state index is 14.8. The van der Waals surface area contributed by atoms with E-state index in [1.807, 2.05) is 13.0 Å². The Kier molecular flexibility index (Phi) is 7.67. The zero-order chi connectivity index (χ0) is 30.2. The largest absolute Gasteiger partial charge is 0.494 e. The van der Waals surface area contributed by atoms with Gasteiger partial charge in [0.25, 0.3) is 5.91 Å². The maximum Gasteiger partial charge on any atom is 0.251 e. The van der Waals surface area contributed by atoms with Gasteiger partial charge in [-0.1, -0.05) is 0 Å². The average Bonchev–Trinajstić information content (AvgIpc) is 3.60. The molecule has 2 aromatic heterocycles. The highest BCUT2D eigenvalue weighted by atomic mass is 19.2. The van der Waals surface area contributed by atoms with Gasteiger partial charge in [0.1, 0.15) is 0 Å². The fourth-order valence-corrected chi connectivity index (χ4v) is 5.56. The molecule has 2 atom stereocenters. The Hall–Kier alpha value is -4.62. The molecule has 1 saturated carbocycles. The number of fused-ring (bicyclic) bond motifs is 1. The van der Waals surface area contributed by atoms with E-state index in [0.717, 1.165) is 5.56 Å². The summed E-state index contributed by atoms with van der Waals surface area (Å²) in [5, 5.41) is 21.8. The number of aliphatic hydroxyl groups is 1. The molecule has 4 aromatic rings. The highest BCUT2D eigenvalue weighted by Gasteiger charge is 2.35. The quantitative estimate of drug-likeness (QED) is 0.211. The highest BCUT2D eigenvalue weighted by Crippen LogP contribution is 2.32. The number of hydrogen-bond donors (Lipinski definition) is 5. The van der Waals surface area contributed by atoms with Gasteiger partial charge >= 0.3 is 0 Å². The molecular weight excluding hydrogens is 560 g/mol. The van der Waals surface area contributed by atoms with Gasteiger partial charge in [-0.15, -0.1) is 0 Å². The third kappa shape index (κ3) is 5.60. The van der Waals surface area contributed by atoms with Crippen LogP contribution in [0.2, 0.25) is 0 Å². The number of halogens is 2. The van der Waals surface area contributed by atoms with Crippen LogP contribution in [0.15, 0.2) is 48.9 Å². The number of imidazole rings is 1. The van der Waals surface area contributed by atoms with Crippen LogP contribution in [-0.2, 0) is 4.79 Å². The smallest absolute Gasteiger partial charge is 0.251 e. The molecule has 0 unspecified atom stereocenters. The first-order valence-corrected chi connectivity index (χ1v) is 14.0. The SMILES string of the molecule is COc1ccc(-c2cnc3c(Nc4ccc(C(=O)NC5CC(NC(=O)[C@@H]6C[C@@H](O)CN6)C5)c(C)c4)nccn23)c(F)c1F. The number of amides is 2. The second-order valence-electron chi connectivity index (χ2n) is 10.9. The summed E-state index contributed by atoms with van der Waals surface area (Å²) in [6.45, 7) is 2.25. The molecule has 3 heterocycles. The summed E-state index contributed by atoms with van der Waals surface area (Å²) in [5.74, 6) is -2.24. The summed E-state index contributed by atoms with van der Waals surface area (Å²) < 4.78 is 35.6. The number of benzene rings is 2. The number of β-amino-alcohol motifs (C(OH)–C–C–N with tert-alkyl or cyclic N) is 1. The van der Waals surface area contributed by atoms with Crippen LogP contribution in [0.5, 0.6) is 5.75 Å². The summed E-state index contributed by atoms with van der Waals surface area (Å²) in [5.41, 5.74) is 2.70. The van der Waals surface area contributed by atoms with Gasteiger partial charge in [-0.25, -0.2) is 14.4 Å². The predicted molar refractivity (Wildman–Crippen MR) is 154 cm³/mol. The van der Waals surface area contributed by atoms with Crippen molar-refractivity contribution in [2.75, 3.05) is 19.0 Å². The number of aryl methyl sites for hydroxylation is 1. The zero-order valence-corrected chi connectivity index (χ0v) is 23.5. The standard InChI is InChI=1S/C30H31F2N7O4/c1-15-9-16(3-4-20(15)29(41)37-17-10-18(11-17)38-30(42)22-12-19(40)13-34-22)36-27-28-35-14-23(39(28)8-7-33-27)21-5-6-24(43-2)26(32)25(21)31/h3-9,14,17-19,22,34,40H,10-13H2,1-2H3,(H,33,36)(H,37,41)(H,38,42)/t17?,18?,19-,22+/m1/s1. The number of anilines is 2. The Morgan fingerprint density at radius 3 is 2.58 bits per heavy atom. The molecule has 43 heavy (non-hydrogen) atoms. The predicted octanol–water partition coefficient (Wildman–Crippen LogP) is 2.83. The summed E-state index contributed by atoms with van der Waals surface area (Å²) in [7, 11) is 1.27. The van der Waals surface area contributed by atoms with Crippen LogP contribution in [0, 0.1) is 18.6 Å². The molecule has 2 amide bonds. The molecule has 0 radical (unpaired) electrons. The van der Waals surface area contributed by atoms with Gasteiger partial charge in [-0.05, 0) is 62.1 Å². The van der Waals surface area contributed by atoms with Gasteiger partial charge in [0.2, 0.25) is 11.7 Å². The summed E-state index contributed by atoms with van der Waals surface area (Å²) in [4.78, 5) is 34.0. The van der Waals surface area contributed by atoms with Crippen molar-refractivity contribution in [2.45, 2.75) is 50.4 Å². The number of aliphatic hydroxyl groups excluding tert-OH is 1. The third-order valence-corrected chi connectivity index (χ3v) is 7.95. The molecule has 0 bridgehead atoms. The Labute approximate surface area is 245 Å². The Morgan fingerprint density at radius 1 is 1.07 bits per heavy atom. The number of hydrogen-bond acceptors (Lipinski definition) is 8. The van der Waals surface area contributed by atoms with Crippen molar-refractivity contribution in [3.8, 4) is 17.0 Å². The van der Waals surface area contributed by atoms with Crippen molar-refractivity contribution in [1.29, 1.82) is 0 Å². The van der Waals surface area contributed by atoms with Crippen molar-refractivity contribution in [3.63, 3.8) is 0 Å². The number of carbonyl (C=O) groups is 2. The number of rotatable bonds is 8. The lowest BCUT2D eigenvalue weighted by atomic mass is 9.86. The highest BCUT2D eigenvalue weighted by molar-refractivity contribution is 5.96. The van der Waals surface area contributed by atoms with Crippen LogP contribution in [0.3, 0.4) is 0 Å². The first-order chi connectivity index (χ1) is 20.7. The fourth-order valence-electron chi connectivity index (χ4n) is 5.56. The minimum Gasteiger partial charge on any atom is -0.494 e. The van der Waals surface area contributed by atoms with Crippen LogP contribution in [0.4, 0.5) is 20.3 Å². The van der Waals surface area contributed by atoms with E-state index in [1.54, 1.807) is 22.7 Å². The van der Waals surface area contributed by atoms with Gasteiger partial charge in [-0.3, -0.25) is 14.0 Å². The van der Waals surface area contributed by atoms with E-state index in [1.165, 1.54) is 31.6 Å². The van der Waals surface area contributed by atoms with Gasteiger partial charge in [-0.2, -0.15) is 4.39 Å². The lowest BCUT2D eigenvalue weighted by Crippen LogP contribution is -2.56. The van der Waals surface area contributed by atoms with Crippen LogP contribution in [-0.4, -0.2) is 69.2 Å². The van der Waals surface area contributed by atoms with Crippen LogP contribution < -0.4 is 26.0 Å². The molecule has 5 N–H and O–H groups in total. The second kappa shape index (κ2) is 11.6. The molecule has 1 aliphatic heterocycles. The Bertz CT molecular complexity index is 1710. The lowest BCUT2D eigenvalue weighted by molar-refractivity contribution is -0.124. The third-order valence-electron chi connectivity index (χ3n) is 7.95. The molecule has 2 aliphatic rings. The number of ether oxygens (including phenoxy) is 1. The average molecular weight is 592 g/mol. The molecule has 1 saturated heterocycles. The van der Waals surface area contributed by atoms with Gasteiger partial charge < -0.3 is 31.1 Å². The van der Waals surface area contributed by atoms with E-state index >= 15 is 0 Å². The molecule has 1 aliphatic carbocycles. The monoisotopic (exact) mass is 591 g/mol. The van der Waals surface area contributed by atoms with E-state index in [9.17, 15) is 23.5 Å². The molecule has 13 heteroatoms. The van der Waals surface area contributed by atoms with Crippen molar-refractivity contribution in [2.24, 2.45) is 0 Å². The molecular formula is C30H31F2N7O4. The number of carbonyl (C=O) groups excluding carboxylic acids is 2. The molecule has 0 spiro atoms. The number of aromatic nitrogens is 3. The van der Waals surface area contributed by atoms with E-state index in [-0.39, 0.29) is 41.3 Å². The van der Waals surface area contributed by atoms with E-state index in [0.29, 0.717) is 54.2 Å². The summed E-state index contributed by atoms with van der Waals surface area (Å²) in [6, 6.07) is 7.64. The second-order valence-corrected chi connectivity index (χ2v) is 10.9. The summed E-state index contributed by atoms with van der Waals surface area (Å²) in [6.07, 6.45) is 5.76. The van der Waals surface area contributed by atoms with Gasteiger partial charge in [0.15, 0.2) is 23.0 Å². The lowest BCUT2D eigenvalue weighted by Gasteiger charge is -2.37. The van der Waals surface area contributed by atoms with E-state index < -0.39 is 17.7 Å². The number of nitrogens with one attached hydrogen (secondary N) is 4. The van der Waals surface area contributed by atoms with Crippen molar-refractivity contribution >= 4 is 29.0 Å². The van der Waals surface area contributed by atoms with Crippen LogP contribution in [0.1, 0.15) is 35.2 Å². The van der Waals surface area contributed by atoms with Crippen molar-refractivity contribution < 1.29 is 28.2 Å². The van der Waals surface area contributed by atoms with Crippen molar-refractivity contribution in [3.05, 3.63) is 71.7 Å². The van der Waals surface area contributed by atoms with E-state index in [4.69, 9.17) is 4.74 Å². The topological polar surface area (TPSA) is 142 Å². The fraction of sp³-hybridized carbons (Fsp3) is 0.333. The number of methoxy groups -OCH3 is 1. The van der Waals surface area contributed by atoms with Crippen LogP contribution >= 0.6 is 0 Å². The molecule has 2 fully saturated rings. The summed E-state index contributed by atoms with van der Waals surface area (Å²) >= 11 is 0. The minimum atomic E-state index is -1.08. The molecule has 2 aromatic carbocycles. The first-order valence-electron chi connectivity index (χ1n) is 14.0. The Balaban J connectivity index is 1.10. The van der Waals surface area contributed by atoms with Crippen molar-refractivity contribution in [1.82, 2.24) is 30.3 Å². The van der Waals surface area contributed by atoms with E-state index in [2.05, 4.69) is 31.2 Å². The van der Waals surface area contributed by atoms with Gasteiger partial charge in [0.05, 0.1) is 31.1 Å².